The minimum absolute atomic E-state index is 0.0373. The molecule has 1 atom stereocenters. The normalized spacial score (nSPS) is 21.5. The van der Waals surface area contributed by atoms with Gasteiger partial charge in [-0.05, 0) is 18.6 Å². The number of ether oxygens (including phenoxy) is 2. The van der Waals surface area contributed by atoms with Crippen LogP contribution in [0.4, 0.5) is 0 Å². The first-order valence-electron chi connectivity index (χ1n) is 6.30. The molecule has 0 spiro atoms. The predicted molar refractivity (Wildman–Crippen MR) is 69.1 cm³/mol. The average Bonchev–Trinajstić information content (AvgIpc) is 2.84. The van der Waals surface area contributed by atoms with Crippen LogP contribution in [0.3, 0.4) is 0 Å². The van der Waals surface area contributed by atoms with Crippen molar-refractivity contribution in [2.45, 2.75) is 19.3 Å². The molecule has 0 aromatic heterocycles. The number of ketones is 2. The molecule has 1 aliphatic heterocycles. The summed E-state index contributed by atoms with van der Waals surface area (Å²) in [7, 11) is 0. The second-order valence-electron chi connectivity index (χ2n) is 4.82. The van der Waals surface area contributed by atoms with Gasteiger partial charge in [0.1, 0.15) is 19.0 Å². The standard InChI is InChI=1S/C14H13ClO4/c15-11-6-9(7-12-14(11)19-4-3-18-12)13(17)8-1-2-10(16)5-8/h6-8H,1-5H2. The van der Waals surface area contributed by atoms with E-state index >= 15 is 0 Å². The molecule has 0 N–H and O–H groups in total. The van der Waals surface area contributed by atoms with Gasteiger partial charge in [-0.2, -0.15) is 0 Å². The minimum Gasteiger partial charge on any atom is -0.486 e. The van der Waals surface area contributed by atoms with E-state index in [1.165, 1.54) is 0 Å². The van der Waals surface area contributed by atoms with Gasteiger partial charge in [0.25, 0.3) is 0 Å². The smallest absolute Gasteiger partial charge is 0.179 e. The third-order valence-corrected chi connectivity index (χ3v) is 3.78. The molecule has 4 nitrogen and oxygen atoms in total. The average molecular weight is 281 g/mol. The van der Waals surface area contributed by atoms with Gasteiger partial charge in [-0.3, -0.25) is 9.59 Å². The molecule has 1 fully saturated rings. The van der Waals surface area contributed by atoms with Gasteiger partial charge >= 0.3 is 0 Å². The Hall–Kier alpha value is -1.55. The van der Waals surface area contributed by atoms with E-state index in [9.17, 15) is 9.59 Å². The Morgan fingerprint density at radius 3 is 2.79 bits per heavy atom. The summed E-state index contributed by atoms with van der Waals surface area (Å²) in [6, 6.07) is 3.26. The molecule has 0 radical (unpaired) electrons. The molecule has 0 saturated heterocycles. The van der Waals surface area contributed by atoms with Crippen molar-refractivity contribution in [2.75, 3.05) is 13.2 Å². The molecule has 1 aromatic rings. The minimum atomic E-state index is -0.217. The Bertz CT molecular complexity index is 553. The number of carbonyl (C=O) groups is 2. The summed E-state index contributed by atoms with van der Waals surface area (Å²) in [5.74, 6) is 0.899. The Kier molecular flexibility index (Phi) is 3.19. The number of hydrogen-bond acceptors (Lipinski definition) is 4. The van der Waals surface area contributed by atoms with Crippen molar-refractivity contribution in [2.24, 2.45) is 5.92 Å². The van der Waals surface area contributed by atoms with Gasteiger partial charge < -0.3 is 9.47 Å². The number of Topliss-reactive ketones (excluding diaryl/α,β-unsaturated/α-hetero) is 2. The molecular weight excluding hydrogens is 268 g/mol. The predicted octanol–water partition coefficient (Wildman–Crippen LogP) is 2.66. The zero-order valence-electron chi connectivity index (χ0n) is 10.3. The topological polar surface area (TPSA) is 52.6 Å². The molecule has 0 bridgehead atoms. The Morgan fingerprint density at radius 1 is 1.26 bits per heavy atom. The number of carbonyl (C=O) groups excluding carboxylic acids is 2. The zero-order valence-corrected chi connectivity index (χ0v) is 11.0. The Balaban J connectivity index is 1.90. The van der Waals surface area contributed by atoms with Crippen LogP contribution in [-0.4, -0.2) is 24.8 Å². The first kappa shape index (κ1) is 12.5. The second kappa shape index (κ2) is 4.85. The van der Waals surface area contributed by atoms with Gasteiger partial charge in [-0.25, -0.2) is 0 Å². The van der Waals surface area contributed by atoms with Gasteiger partial charge in [0.2, 0.25) is 0 Å². The van der Waals surface area contributed by atoms with Crippen molar-refractivity contribution in [1.82, 2.24) is 0 Å². The molecule has 100 valence electrons. The maximum Gasteiger partial charge on any atom is 0.179 e. The SMILES string of the molecule is O=C1CCC(C(=O)c2cc(Cl)c3c(c2)OCCO3)C1. The third kappa shape index (κ3) is 2.32. The van der Waals surface area contributed by atoms with E-state index in [2.05, 4.69) is 0 Å². The summed E-state index contributed by atoms with van der Waals surface area (Å²) in [5.41, 5.74) is 0.494. The molecule has 1 heterocycles. The quantitative estimate of drug-likeness (QED) is 0.782. The number of fused-ring (bicyclic) bond motifs is 1. The lowest BCUT2D eigenvalue weighted by atomic mass is 9.96. The highest BCUT2D eigenvalue weighted by atomic mass is 35.5. The van der Waals surface area contributed by atoms with Crippen molar-refractivity contribution in [3.63, 3.8) is 0 Å². The number of halogens is 1. The van der Waals surface area contributed by atoms with Crippen LogP contribution >= 0.6 is 11.6 Å². The maximum absolute atomic E-state index is 12.3. The van der Waals surface area contributed by atoms with Gasteiger partial charge in [0, 0.05) is 24.3 Å². The molecule has 5 heteroatoms. The molecule has 1 unspecified atom stereocenters. The summed E-state index contributed by atoms with van der Waals surface area (Å²) in [6.07, 6.45) is 1.46. The molecule has 2 aliphatic rings. The summed E-state index contributed by atoms with van der Waals surface area (Å²) >= 11 is 6.10. The van der Waals surface area contributed by atoms with Crippen molar-refractivity contribution < 1.29 is 19.1 Å². The lowest BCUT2D eigenvalue weighted by Gasteiger charge is -2.20. The first-order chi connectivity index (χ1) is 9.15. The van der Waals surface area contributed by atoms with Crippen LogP contribution in [0, 0.1) is 5.92 Å². The third-order valence-electron chi connectivity index (χ3n) is 3.50. The van der Waals surface area contributed by atoms with Crippen molar-refractivity contribution in [1.29, 1.82) is 0 Å². The summed E-state index contributed by atoms with van der Waals surface area (Å²) in [4.78, 5) is 23.6. The lowest BCUT2D eigenvalue weighted by Crippen LogP contribution is -2.17. The van der Waals surface area contributed by atoms with Crippen LogP contribution in [-0.2, 0) is 4.79 Å². The summed E-state index contributed by atoms with van der Waals surface area (Å²) in [6.45, 7) is 0.903. The Labute approximate surface area is 115 Å². The van der Waals surface area contributed by atoms with Gasteiger partial charge in [0.05, 0.1) is 5.02 Å². The van der Waals surface area contributed by atoms with Crippen LogP contribution in [0.2, 0.25) is 5.02 Å². The van der Waals surface area contributed by atoms with E-state index in [0.29, 0.717) is 54.6 Å². The fourth-order valence-corrected chi connectivity index (χ4v) is 2.79. The van der Waals surface area contributed by atoms with E-state index < -0.39 is 0 Å². The molecule has 1 aliphatic carbocycles. The summed E-state index contributed by atoms with van der Waals surface area (Å²) in [5, 5.41) is 0.380. The molecule has 1 saturated carbocycles. The monoisotopic (exact) mass is 280 g/mol. The highest BCUT2D eigenvalue weighted by molar-refractivity contribution is 6.32. The second-order valence-corrected chi connectivity index (χ2v) is 5.23. The Morgan fingerprint density at radius 2 is 2.05 bits per heavy atom. The molecule has 19 heavy (non-hydrogen) atoms. The lowest BCUT2D eigenvalue weighted by molar-refractivity contribution is -0.117. The number of benzene rings is 1. The van der Waals surface area contributed by atoms with Crippen LogP contribution in [0.15, 0.2) is 12.1 Å². The first-order valence-corrected chi connectivity index (χ1v) is 6.68. The maximum atomic E-state index is 12.3. The molecule has 1 aromatic carbocycles. The van der Waals surface area contributed by atoms with Crippen molar-refractivity contribution in [3.05, 3.63) is 22.7 Å². The number of hydrogen-bond donors (Lipinski definition) is 0. The van der Waals surface area contributed by atoms with Gasteiger partial charge in [-0.15, -0.1) is 0 Å². The van der Waals surface area contributed by atoms with Crippen LogP contribution in [0.25, 0.3) is 0 Å². The van der Waals surface area contributed by atoms with E-state index in [4.69, 9.17) is 21.1 Å². The largest absolute Gasteiger partial charge is 0.486 e. The number of rotatable bonds is 2. The van der Waals surface area contributed by atoms with Gasteiger partial charge in [-0.1, -0.05) is 11.6 Å². The fraction of sp³-hybridized carbons (Fsp3) is 0.429. The van der Waals surface area contributed by atoms with E-state index in [1.807, 2.05) is 0 Å². The van der Waals surface area contributed by atoms with E-state index in [-0.39, 0.29) is 17.5 Å². The highest BCUT2D eigenvalue weighted by Crippen LogP contribution is 2.39. The van der Waals surface area contributed by atoms with Crippen LogP contribution in [0.1, 0.15) is 29.6 Å². The van der Waals surface area contributed by atoms with E-state index in [1.54, 1.807) is 12.1 Å². The van der Waals surface area contributed by atoms with Crippen LogP contribution in [0.5, 0.6) is 11.5 Å². The summed E-state index contributed by atoms with van der Waals surface area (Å²) < 4.78 is 10.9. The molecular formula is C14H13ClO4. The molecule has 3 rings (SSSR count). The van der Waals surface area contributed by atoms with Crippen molar-refractivity contribution in [3.8, 4) is 11.5 Å². The molecule has 0 amide bonds. The fourth-order valence-electron chi connectivity index (χ4n) is 2.53. The van der Waals surface area contributed by atoms with Gasteiger partial charge in [0.15, 0.2) is 17.3 Å². The highest BCUT2D eigenvalue weighted by Gasteiger charge is 2.30. The van der Waals surface area contributed by atoms with Crippen molar-refractivity contribution >= 4 is 23.2 Å². The zero-order chi connectivity index (χ0) is 13.4. The van der Waals surface area contributed by atoms with E-state index in [0.717, 1.165) is 0 Å². The van der Waals surface area contributed by atoms with Crippen LogP contribution < -0.4 is 9.47 Å².